The highest BCUT2D eigenvalue weighted by Crippen LogP contribution is 2.36. The Kier molecular flexibility index (Phi) is 4.51. The maximum atomic E-state index is 12.2. The first-order valence-electron chi connectivity index (χ1n) is 8.91. The van der Waals surface area contributed by atoms with Gasteiger partial charge in [0.2, 0.25) is 0 Å². The SMILES string of the molecule is CCOC(=O)C1CCCN(c2ccnc3[nH]cc(-c4cncnc4)c23)C1. The van der Waals surface area contributed by atoms with Gasteiger partial charge in [-0.05, 0) is 25.8 Å². The molecule has 1 N–H and O–H groups in total. The summed E-state index contributed by atoms with van der Waals surface area (Å²) in [7, 11) is 0. The highest BCUT2D eigenvalue weighted by Gasteiger charge is 2.28. The molecule has 7 nitrogen and oxygen atoms in total. The van der Waals surface area contributed by atoms with Crippen molar-refractivity contribution < 1.29 is 9.53 Å². The first kappa shape index (κ1) is 16.5. The molecule has 1 fully saturated rings. The molecule has 3 aromatic heterocycles. The van der Waals surface area contributed by atoms with Gasteiger partial charge >= 0.3 is 5.97 Å². The maximum Gasteiger partial charge on any atom is 0.310 e. The second kappa shape index (κ2) is 7.11. The van der Waals surface area contributed by atoms with E-state index in [9.17, 15) is 4.79 Å². The molecular formula is C19H21N5O2. The van der Waals surface area contributed by atoms with Crippen LogP contribution < -0.4 is 4.90 Å². The largest absolute Gasteiger partial charge is 0.466 e. The monoisotopic (exact) mass is 351 g/mol. The number of anilines is 1. The van der Waals surface area contributed by atoms with E-state index in [1.54, 1.807) is 18.6 Å². The van der Waals surface area contributed by atoms with Gasteiger partial charge in [-0.1, -0.05) is 0 Å². The van der Waals surface area contributed by atoms with Gasteiger partial charge in [-0.3, -0.25) is 4.79 Å². The van der Waals surface area contributed by atoms with E-state index >= 15 is 0 Å². The summed E-state index contributed by atoms with van der Waals surface area (Å²) in [4.78, 5) is 30.4. The Labute approximate surface area is 151 Å². The second-order valence-electron chi connectivity index (χ2n) is 6.42. The van der Waals surface area contributed by atoms with Crippen molar-refractivity contribution in [2.45, 2.75) is 19.8 Å². The lowest BCUT2D eigenvalue weighted by Crippen LogP contribution is -2.39. The zero-order valence-electron chi connectivity index (χ0n) is 14.7. The van der Waals surface area contributed by atoms with Crippen molar-refractivity contribution in [3.05, 3.63) is 37.2 Å². The standard InChI is InChI=1S/C19H21N5O2/c1-2-26-19(25)13-4-3-7-24(11-13)16-5-6-22-18-17(16)15(10-23-18)14-8-20-12-21-9-14/h5-6,8-10,12-13H,2-4,7,11H2,1H3,(H,22,23). The van der Waals surface area contributed by atoms with E-state index in [4.69, 9.17) is 4.74 Å². The number of nitrogens with zero attached hydrogens (tertiary/aromatic N) is 4. The van der Waals surface area contributed by atoms with E-state index in [0.717, 1.165) is 47.2 Å². The van der Waals surface area contributed by atoms with Crippen LogP contribution in [0.4, 0.5) is 5.69 Å². The topological polar surface area (TPSA) is 84.0 Å². The van der Waals surface area contributed by atoms with Crippen molar-refractivity contribution in [1.82, 2.24) is 19.9 Å². The number of aromatic amines is 1. The number of fused-ring (bicyclic) bond motifs is 1. The van der Waals surface area contributed by atoms with E-state index in [1.165, 1.54) is 6.33 Å². The normalized spacial score (nSPS) is 17.4. The number of pyridine rings is 1. The number of hydrogen-bond donors (Lipinski definition) is 1. The number of rotatable bonds is 4. The average Bonchev–Trinajstić information content (AvgIpc) is 3.13. The summed E-state index contributed by atoms with van der Waals surface area (Å²) < 4.78 is 5.23. The predicted molar refractivity (Wildman–Crippen MR) is 98.7 cm³/mol. The van der Waals surface area contributed by atoms with Crippen LogP contribution in [0, 0.1) is 5.92 Å². The quantitative estimate of drug-likeness (QED) is 0.728. The van der Waals surface area contributed by atoms with Gasteiger partial charge in [-0.15, -0.1) is 0 Å². The number of hydrogen-bond acceptors (Lipinski definition) is 6. The van der Waals surface area contributed by atoms with Gasteiger partial charge in [0, 0.05) is 54.7 Å². The third-order valence-corrected chi connectivity index (χ3v) is 4.81. The lowest BCUT2D eigenvalue weighted by Gasteiger charge is -2.33. The van der Waals surface area contributed by atoms with Crippen molar-refractivity contribution in [1.29, 1.82) is 0 Å². The van der Waals surface area contributed by atoms with Crippen LogP contribution in [0.15, 0.2) is 37.2 Å². The molecule has 0 saturated carbocycles. The van der Waals surface area contributed by atoms with Gasteiger partial charge in [0.25, 0.3) is 0 Å². The molecule has 0 bridgehead atoms. The van der Waals surface area contributed by atoms with Crippen LogP contribution >= 0.6 is 0 Å². The van der Waals surface area contributed by atoms with Gasteiger partial charge in [0.1, 0.15) is 12.0 Å². The number of nitrogens with one attached hydrogen (secondary N) is 1. The van der Waals surface area contributed by atoms with Crippen LogP contribution in [-0.2, 0) is 9.53 Å². The van der Waals surface area contributed by atoms with Crippen molar-refractivity contribution in [3.63, 3.8) is 0 Å². The van der Waals surface area contributed by atoms with E-state index in [1.807, 2.05) is 19.2 Å². The zero-order chi connectivity index (χ0) is 17.9. The van der Waals surface area contributed by atoms with Crippen LogP contribution in [0.2, 0.25) is 0 Å². The highest BCUT2D eigenvalue weighted by molar-refractivity contribution is 6.02. The third-order valence-electron chi connectivity index (χ3n) is 4.81. The summed E-state index contributed by atoms with van der Waals surface area (Å²) in [6.45, 7) is 3.84. The molecule has 0 spiro atoms. The van der Waals surface area contributed by atoms with Crippen LogP contribution in [0.1, 0.15) is 19.8 Å². The van der Waals surface area contributed by atoms with E-state index in [-0.39, 0.29) is 11.9 Å². The van der Waals surface area contributed by atoms with Gasteiger partial charge in [0.15, 0.2) is 0 Å². The van der Waals surface area contributed by atoms with E-state index < -0.39 is 0 Å². The van der Waals surface area contributed by atoms with Crippen LogP contribution in [-0.4, -0.2) is 45.6 Å². The van der Waals surface area contributed by atoms with Gasteiger partial charge in [0.05, 0.1) is 17.9 Å². The lowest BCUT2D eigenvalue weighted by atomic mass is 9.97. The summed E-state index contributed by atoms with van der Waals surface area (Å²) in [6, 6.07) is 2.01. The van der Waals surface area contributed by atoms with Gasteiger partial charge in [-0.25, -0.2) is 15.0 Å². The van der Waals surface area contributed by atoms with Crippen LogP contribution in [0.3, 0.4) is 0 Å². The fourth-order valence-corrected chi connectivity index (χ4v) is 3.62. The second-order valence-corrected chi connectivity index (χ2v) is 6.42. The number of carbonyl (C=O) groups is 1. The average molecular weight is 351 g/mol. The fourth-order valence-electron chi connectivity index (χ4n) is 3.62. The summed E-state index contributed by atoms with van der Waals surface area (Å²) in [5.41, 5.74) is 3.85. The lowest BCUT2D eigenvalue weighted by molar-refractivity contribution is -0.148. The summed E-state index contributed by atoms with van der Waals surface area (Å²) in [5.74, 6) is -0.192. The van der Waals surface area contributed by atoms with Crippen molar-refractivity contribution in [2.24, 2.45) is 5.92 Å². The van der Waals surface area contributed by atoms with Crippen LogP contribution in [0.5, 0.6) is 0 Å². The number of aromatic nitrogens is 4. The Balaban J connectivity index is 1.72. The zero-order valence-corrected chi connectivity index (χ0v) is 14.7. The molecule has 0 aliphatic carbocycles. The Morgan fingerprint density at radius 2 is 2.23 bits per heavy atom. The molecule has 0 radical (unpaired) electrons. The molecule has 0 amide bonds. The molecule has 26 heavy (non-hydrogen) atoms. The molecule has 1 atom stereocenters. The molecule has 0 aromatic carbocycles. The van der Waals surface area contributed by atoms with E-state index in [2.05, 4.69) is 24.8 Å². The molecule has 3 aromatic rings. The Morgan fingerprint density at radius 3 is 3.04 bits per heavy atom. The van der Waals surface area contributed by atoms with Crippen LogP contribution in [0.25, 0.3) is 22.2 Å². The number of esters is 1. The van der Waals surface area contributed by atoms with Crippen molar-refractivity contribution in [3.8, 4) is 11.1 Å². The maximum absolute atomic E-state index is 12.2. The Hall–Kier alpha value is -2.96. The van der Waals surface area contributed by atoms with E-state index in [0.29, 0.717) is 13.2 Å². The first-order valence-corrected chi connectivity index (χ1v) is 8.91. The number of carbonyl (C=O) groups excluding carboxylic acids is 1. The highest BCUT2D eigenvalue weighted by atomic mass is 16.5. The molecule has 7 heteroatoms. The molecule has 4 rings (SSSR count). The summed E-state index contributed by atoms with van der Waals surface area (Å²) >= 11 is 0. The minimum atomic E-state index is -0.103. The molecule has 1 aliphatic heterocycles. The van der Waals surface area contributed by atoms with Gasteiger partial charge in [-0.2, -0.15) is 0 Å². The summed E-state index contributed by atoms with van der Waals surface area (Å²) in [6.07, 6.45) is 10.7. The molecule has 134 valence electrons. The summed E-state index contributed by atoms with van der Waals surface area (Å²) in [5, 5.41) is 1.03. The van der Waals surface area contributed by atoms with Crippen molar-refractivity contribution in [2.75, 3.05) is 24.6 Å². The number of piperidine rings is 1. The molecule has 4 heterocycles. The minimum absolute atomic E-state index is 0.0886. The van der Waals surface area contributed by atoms with Gasteiger partial charge < -0.3 is 14.6 Å². The molecular weight excluding hydrogens is 330 g/mol. The van der Waals surface area contributed by atoms with Crippen molar-refractivity contribution >= 4 is 22.7 Å². The first-order chi connectivity index (χ1) is 12.8. The molecule has 1 saturated heterocycles. The predicted octanol–water partition coefficient (Wildman–Crippen LogP) is 2.80. The smallest absolute Gasteiger partial charge is 0.310 e. The molecule has 1 unspecified atom stereocenters. The fraction of sp³-hybridized carbons (Fsp3) is 0.368. The Bertz CT molecular complexity index is 909. The number of ether oxygens (including phenoxy) is 1. The minimum Gasteiger partial charge on any atom is -0.466 e. The number of H-pyrrole nitrogens is 1. The third kappa shape index (κ3) is 3.00. The Morgan fingerprint density at radius 1 is 1.38 bits per heavy atom. The molecule has 1 aliphatic rings.